The number of carbonyl (C=O) groups excluding carboxylic acids is 2. The number of nitrogens with two attached hydrogens (primary N) is 2. The van der Waals surface area contributed by atoms with Crippen LogP contribution in [-0.4, -0.2) is 45.6 Å². The fourth-order valence-electron chi connectivity index (χ4n) is 3.32. The zero-order valence-electron chi connectivity index (χ0n) is 24.6. The monoisotopic (exact) mass is 572 g/mol. The Morgan fingerprint density at radius 1 is 1.20 bits per heavy atom. The van der Waals surface area contributed by atoms with Crippen LogP contribution < -0.4 is 16.8 Å². The van der Waals surface area contributed by atoms with Crippen molar-refractivity contribution in [3.05, 3.63) is 47.5 Å². The minimum Gasteiger partial charge on any atom is -0.404 e. The van der Waals surface area contributed by atoms with E-state index in [0.717, 1.165) is 17.2 Å². The first kappa shape index (κ1) is 36.7. The lowest BCUT2D eigenvalue weighted by atomic mass is 10.0. The van der Waals surface area contributed by atoms with Crippen LogP contribution in [0, 0.1) is 5.92 Å². The van der Waals surface area contributed by atoms with Crippen LogP contribution in [-0.2, 0) is 22.3 Å². The van der Waals surface area contributed by atoms with E-state index >= 15 is 0 Å². The average molecular weight is 573 g/mol. The van der Waals surface area contributed by atoms with E-state index in [1.54, 1.807) is 19.9 Å². The molecule has 0 fully saturated rings. The highest BCUT2D eigenvalue weighted by Crippen LogP contribution is 2.32. The molecule has 226 valence electrons. The Balaban J connectivity index is 0.00000742. The van der Waals surface area contributed by atoms with Gasteiger partial charge in [0.15, 0.2) is 17.8 Å². The molecule has 1 heterocycles. The molecular weight excluding hydrogens is 528 g/mol. The Hall–Kier alpha value is -3.28. The summed E-state index contributed by atoms with van der Waals surface area (Å²) < 4.78 is 54.9. The summed E-state index contributed by atoms with van der Waals surface area (Å²) in [5.41, 5.74) is 10.2. The van der Waals surface area contributed by atoms with Crippen molar-refractivity contribution >= 4 is 23.5 Å². The standard InChI is InChI=1S/C26H38F4N6O2.C2H6/c1-7-16(2)10-20(9-8-17(3)37)22-12-23(26(28,29)30)35-36(22)15-25(5,6)34-24(38)21(32)11-19(13-31)14-33-18(4)27;1-2/h8-10,12-14,16,18,21H,7,11,15,31-32H2,1-6H3,(H,34,38);1-2H3/b9-8-,19-13-,20-10+,33-14+;. The van der Waals surface area contributed by atoms with Gasteiger partial charge in [0, 0.05) is 6.21 Å². The molecule has 3 atom stereocenters. The van der Waals surface area contributed by atoms with Crippen LogP contribution in [0.15, 0.2) is 41.1 Å². The summed E-state index contributed by atoms with van der Waals surface area (Å²) >= 11 is 0. The number of halogens is 4. The van der Waals surface area contributed by atoms with Gasteiger partial charge < -0.3 is 16.8 Å². The summed E-state index contributed by atoms with van der Waals surface area (Å²) in [5, 5.41) is 6.50. The average Bonchev–Trinajstić information content (AvgIpc) is 3.27. The second kappa shape index (κ2) is 16.7. The maximum absolute atomic E-state index is 13.6. The molecular formula is C28H44F4N6O2. The number of amides is 1. The molecule has 8 nitrogen and oxygen atoms in total. The molecule has 5 N–H and O–H groups in total. The van der Waals surface area contributed by atoms with Crippen molar-refractivity contribution in [1.29, 1.82) is 0 Å². The lowest BCUT2D eigenvalue weighted by Gasteiger charge is -2.29. The number of nitrogens with zero attached hydrogens (tertiary/aromatic N) is 3. The summed E-state index contributed by atoms with van der Waals surface area (Å²) in [7, 11) is 0. The van der Waals surface area contributed by atoms with E-state index in [0.29, 0.717) is 11.1 Å². The van der Waals surface area contributed by atoms with Crippen LogP contribution in [0.5, 0.6) is 0 Å². The molecule has 0 spiro atoms. The van der Waals surface area contributed by atoms with Crippen LogP contribution in [0.3, 0.4) is 0 Å². The summed E-state index contributed by atoms with van der Waals surface area (Å²) in [4.78, 5) is 27.9. The highest BCUT2D eigenvalue weighted by atomic mass is 19.4. The summed E-state index contributed by atoms with van der Waals surface area (Å²) in [5.74, 6) is -0.841. The third-order valence-electron chi connectivity index (χ3n) is 5.43. The summed E-state index contributed by atoms with van der Waals surface area (Å²) in [6, 6.07) is -0.154. The van der Waals surface area contributed by atoms with Gasteiger partial charge in [0.05, 0.1) is 23.8 Å². The molecule has 0 radical (unpaired) electrons. The number of aliphatic imine (C=N–C) groups is 1. The first-order valence-corrected chi connectivity index (χ1v) is 13.2. The molecule has 0 aliphatic heterocycles. The van der Waals surface area contributed by atoms with Crippen LogP contribution in [0.25, 0.3) is 5.57 Å². The van der Waals surface area contributed by atoms with Gasteiger partial charge in [-0.05, 0) is 75.6 Å². The largest absolute Gasteiger partial charge is 0.435 e. The van der Waals surface area contributed by atoms with Crippen molar-refractivity contribution < 1.29 is 27.2 Å². The minimum absolute atomic E-state index is 0.0127. The molecule has 12 heteroatoms. The third kappa shape index (κ3) is 13.2. The number of hydrogen-bond donors (Lipinski definition) is 3. The number of alkyl halides is 4. The van der Waals surface area contributed by atoms with E-state index in [9.17, 15) is 27.2 Å². The third-order valence-corrected chi connectivity index (χ3v) is 5.43. The molecule has 0 aliphatic carbocycles. The quantitative estimate of drug-likeness (QED) is 0.0966. The van der Waals surface area contributed by atoms with Crippen molar-refractivity contribution in [1.82, 2.24) is 15.1 Å². The second-order valence-electron chi connectivity index (χ2n) is 9.80. The van der Waals surface area contributed by atoms with Gasteiger partial charge in [-0.15, -0.1) is 0 Å². The Bertz CT molecular complexity index is 1090. The highest BCUT2D eigenvalue weighted by Gasteiger charge is 2.36. The molecule has 0 bridgehead atoms. The van der Waals surface area contributed by atoms with Gasteiger partial charge in [0.2, 0.25) is 5.91 Å². The van der Waals surface area contributed by atoms with Crippen LogP contribution in [0.4, 0.5) is 17.6 Å². The number of nitrogens with one attached hydrogen (secondary N) is 1. The minimum atomic E-state index is -4.70. The number of hydrogen-bond acceptors (Lipinski definition) is 6. The Labute approximate surface area is 234 Å². The first-order valence-electron chi connectivity index (χ1n) is 13.2. The van der Waals surface area contributed by atoms with Gasteiger partial charge >= 0.3 is 6.18 Å². The smallest absolute Gasteiger partial charge is 0.404 e. The van der Waals surface area contributed by atoms with Crippen molar-refractivity contribution in [2.45, 2.75) is 98.8 Å². The van der Waals surface area contributed by atoms with E-state index < -0.39 is 35.7 Å². The van der Waals surface area contributed by atoms with E-state index in [2.05, 4.69) is 15.4 Å². The van der Waals surface area contributed by atoms with Gasteiger partial charge in [-0.1, -0.05) is 40.2 Å². The van der Waals surface area contributed by atoms with Crippen molar-refractivity contribution in [2.24, 2.45) is 22.4 Å². The molecule has 1 aromatic heterocycles. The van der Waals surface area contributed by atoms with E-state index in [-0.39, 0.29) is 30.4 Å². The van der Waals surface area contributed by atoms with Gasteiger partial charge in [-0.3, -0.25) is 19.3 Å². The van der Waals surface area contributed by atoms with Crippen LogP contribution in [0.2, 0.25) is 0 Å². The molecule has 3 unspecified atom stereocenters. The molecule has 40 heavy (non-hydrogen) atoms. The van der Waals surface area contributed by atoms with E-state index in [1.807, 2.05) is 27.7 Å². The van der Waals surface area contributed by atoms with Gasteiger partial charge in [0.1, 0.15) is 0 Å². The van der Waals surface area contributed by atoms with Gasteiger partial charge in [-0.25, -0.2) is 4.39 Å². The zero-order valence-corrected chi connectivity index (χ0v) is 24.6. The maximum atomic E-state index is 13.6. The van der Waals surface area contributed by atoms with E-state index in [4.69, 9.17) is 11.5 Å². The van der Waals surface area contributed by atoms with Crippen LogP contribution >= 0.6 is 0 Å². The molecule has 0 saturated heterocycles. The zero-order chi connectivity index (χ0) is 31.3. The van der Waals surface area contributed by atoms with Crippen molar-refractivity contribution in [3.8, 4) is 0 Å². The van der Waals surface area contributed by atoms with Crippen molar-refractivity contribution in [3.63, 3.8) is 0 Å². The summed E-state index contributed by atoms with van der Waals surface area (Å²) in [6.45, 7) is 13.5. The van der Waals surface area contributed by atoms with E-state index in [1.165, 1.54) is 38.4 Å². The number of aromatic nitrogens is 2. The molecule has 1 amide bonds. The Morgan fingerprint density at radius 2 is 1.80 bits per heavy atom. The topological polar surface area (TPSA) is 128 Å². The molecule has 0 aliphatic rings. The lowest BCUT2D eigenvalue weighted by molar-refractivity contribution is -0.141. The number of rotatable bonds is 13. The van der Waals surface area contributed by atoms with Crippen molar-refractivity contribution in [2.75, 3.05) is 0 Å². The fraction of sp³-hybridized carbons (Fsp3) is 0.571. The number of allylic oxidation sites excluding steroid dienone is 4. The first-order chi connectivity index (χ1) is 18.5. The predicted octanol–water partition coefficient (Wildman–Crippen LogP) is 5.34. The molecule has 1 rings (SSSR count). The maximum Gasteiger partial charge on any atom is 0.435 e. The normalized spacial score (nSPS) is 15.5. The second-order valence-corrected chi connectivity index (χ2v) is 9.80. The molecule has 0 saturated carbocycles. The summed E-state index contributed by atoms with van der Waals surface area (Å²) in [6.07, 6.45) is 1.41. The molecule has 0 aromatic carbocycles. The van der Waals surface area contributed by atoms with Crippen LogP contribution in [0.1, 0.15) is 79.6 Å². The number of ketones is 1. The lowest BCUT2D eigenvalue weighted by Crippen LogP contribution is -2.52. The molecule has 1 aromatic rings. The highest BCUT2D eigenvalue weighted by molar-refractivity contribution is 5.90. The van der Waals surface area contributed by atoms with Gasteiger partial charge in [-0.2, -0.15) is 18.3 Å². The number of carbonyl (C=O) groups is 2. The SMILES string of the molecule is CC.CCC(C)/C=C(\C=C/C(C)=O)c1cc(C(F)(F)F)nn1CC(C)(C)NC(=O)C(N)CC(=C/N)/C=N/C(C)F. The predicted molar refractivity (Wildman–Crippen MR) is 152 cm³/mol. The Morgan fingerprint density at radius 3 is 2.27 bits per heavy atom. The Kier molecular flexibility index (Phi) is 15.4. The van der Waals surface area contributed by atoms with Gasteiger partial charge in [0.25, 0.3) is 0 Å². The fourth-order valence-corrected chi connectivity index (χ4v) is 3.32.